The SMILES string of the molecule is Nc1nc(C2CCCC2)cc(N2C[C@H]3NCCO[C@@H]3C2)n1. The van der Waals surface area contributed by atoms with Gasteiger partial charge in [-0.3, -0.25) is 0 Å². The molecule has 6 heteroatoms. The smallest absolute Gasteiger partial charge is 0.222 e. The second-order valence-electron chi connectivity index (χ2n) is 6.37. The monoisotopic (exact) mass is 289 g/mol. The highest BCUT2D eigenvalue weighted by molar-refractivity contribution is 5.46. The first-order chi connectivity index (χ1) is 10.3. The summed E-state index contributed by atoms with van der Waals surface area (Å²) >= 11 is 0. The van der Waals surface area contributed by atoms with Gasteiger partial charge < -0.3 is 20.7 Å². The third-order valence-electron chi connectivity index (χ3n) is 4.95. The second kappa shape index (κ2) is 5.42. The molecule has 6 nitrogen and oxygen atoms in total. The van der Waals surface area contributed by atoms with Crippen LogP contribution in [0.4, 0.5) is 11.8 Å². The van der Waals surface area contributed by atoms with Crippen LogP contribution in [0.5, 0.6) is 0 Å². The van der Waals surface area contributed by atoms with E-state index in [1.165, 1.54) is 25.7 Å². The number of nitrogens with two attached hydrogens (primary N) is 1. The van der Waals surface area contributed by atoms with Crippen LogP contribution in [0.25, 0.3) is 0 Å². The highest BCUT2D eigenvalue weighted by Gasteiger charge is 2.36. The first-order valence-corrected chi connectivity index (χ1v) is 8.04. The van der Waals surface area contributed by atoms with E-state index in [4.69, 9.17) is 10.5 Å². The fourth-order valence-corrected chi connectivity index (χ4v) is 3.84. The number of aromatic nitrogens is 2. The van der Waals surface area contributed by atoms with Gasteiger partial charge in [-0.1, -0.05) is 12.8 Å². The van der Waals surface area contributed by atoms with Gasteiger partial charge in [-0.05, 0) is 12.8 Å². The number of nitrogens with zero attached hydrogens (tertiary/aromatic N) is 3. The highest BCUT2D eigenvalue weighted by Crippen LogP contribution is 2.35. The van der Waals surface area contributed by atoms with Crippen molar-refractivity contribution in [2.24, 2.45) is 0 Å². The van der Waals surface area contributed by atoms with Crippen molar-refractivity contribution in [3.63, 3.8) is 0 Å². The van der Waals surface area contributed by atoms with E-state index in [9.17, 15) is 0 Å². The van der Waals surface area contributed by atoms with Crippen LogP contribution < -0.4 is 16.0 Å². The Hall–Kier alpha value is -1.40. The minimum absolute atomic E-state index is 0.268. The number of fused-ring (bicyclic) bond motifs is 1. The minimum Gasteiger partial charge on any atom is -0.373 e. The molecule has 3 N–H and O–H groups in total. The van der Waals surface area contributed by atoms with Gasteiger partial charge in [-0.2, -0.15) is 4.98 Å². The number of morpholine rings is 1. The maximum atomic E-state index is 5.95. The summed E-state index contributed by atoms with van der Waals surface area (Å²) in [7, 11) is 0. The zero-order chi connectivity index (χ0) is 14.2. The summed E-state index contributed by atoms with van der Waals surface area (Å²) in [4.78, 5) is 11.2. The van der Waals surface area contributed by atoms with Crippen molar-refractivity contribution in [1.82, 2.24) is 15.3 Å². The number of ether oxygens (including phenoxy) is 1. The predicted molar refractivity (Wildman–Crippen MR) is 81.4 cm³/mol. The molecule has 1 aromatic heterocycles. The Morgan fingerprint density at radius 1 is 1.24 bits per heavy atom. The molecule has 0 amide bonds. The van der Waals surface area contributed by atoms with Gasteiger partial charge >= 0.3 is 0 Å². The maximum Gasteiger partial charge on any atom is 0.222 e. The van der Waals surface area contributed by atoms with Crippen molar-refractivity contribution in [2.75, 3.05) is 36.9 Å². The van der Waals surface area contributed by atoms with Crippen molar-refractivity contribution in [3.05, 3.63) is 11.8 Å². The molecule has 1 saturated carbocycles. The highest BCUT2D eigenvalue weighted by atomic mass is 16.5. The number of nitrogens with one attached hydrogen (secondary N) is 1. The lowest BCUT2D eigenvalue weighted by atomic mass is 10.0. The van der Waals surface area contributed by atoms with E-state index in [1.807, 2.05) is 0 Å². The van der Waals surface area contributed by atoms with E-state index in [2.05, 4.69) is 26.3 Å². The molecule has 2 saturated heterocycles. The Morgan fingerprint density at radius 3 is 2.90 bits per heavy atom. The standard InChI is InChI=1S/C15H23N5O/c16-15-18-11(10-3-1-2-4-10)7-14(19-15)20-8-12-13(9-20)21-6-5-17-12/h7,10,12-13,17H,1-6,8-9H2,(H2,16,18,19)/t12-,13-/m1/s1. The molecule has 1 aliphatic carbocycles. The molecule has 3 heterocycles. The minimum atomic E-state index is 0.268. The van der Waals surface area contributed by atoms with E-state index in [0.717, 1.165) is 37.8 Å². The van der Waals surface area contributed by atoms with E-state index in [1.54, 1.807) is 0 Å². The Morgan fingerprint density at radius 2 is 2.10 bits per heavy atom. The topological polar surface area (TPSA) is 76.3 Å². The molecule has 3 fully saturated rings. The van der Waals surface area contributed by atoms with Crippen LogP contribution in [0, 0.1) is 0 Å². The molecule has 114 valence electrons. The maximum absolute atomic E-state index is 5.95. The lowest BCUT2D eigenvalue weighted by molar-refractivity contribution is 0.0212. The summed E-state index contributed by atoms with van der Waals surface area (Å²) in [6, 6.07) is 2.55. The summed E-state index contributed by atoms with van der Waals surface area (Å²) in [5, 5.41) is 3.52. The molecule has 0 aromatic carbocycles. The van der Waals surface area contributed by atoms with Crippen LogP contribution in [-0.4, -0.2) is 48.4 Å². The van der Waals surface area contributed by atoms with Crippen molar-refractivity contribution < 1.29 is 4.74 Å². The third-order valence-corrected chi connectivity index (χ3v) is 4.95. The van der Waals surface area contributed by atoms with Gasteiger partial charge in [0.2, 0.25) is 5.95 Å². The van der Waals surface area contributed by atoms with Crippen LogP contribution in [0.15, 0.2) is 6.07 Å². The Labute approximate surface area is 125 Å². The molecular formula is C15H23N5O. The zero-order valence-corrected chi connectivity index (χ0v) is 12.3. The van der Waals surface area contributed by atoms with Crippen LogP contribution in [-0.2, 0) is 4.74 Å². The van der Waals surface area contributed by atoms with Crippen molar-refractivity contribution in [3.8, 4) is 0 Å². The van der Waals surface area contributed by atoms with E-state index < -0.39 is 0 Å². The molecule has 0 spiro atoms. The summed E-state index contributed by atoms with van der Waals surface area (Å²) in [6.45, 7) is 3.56. The predicted octanol–water partition coefficient (Wildman–Crippen LogP) is 0.893. The third kappa shape index (κ3) is 2.58. The fraction of sp³-hybridized carbons (Fsp3) is 0.733. The molecule has 0 bridgehead atoms. The van der Waals surface area contributed by atoms with Gasteiger partial charge in [0.15, 0.2) is 0 Å². The molecule has 0 unspecified atom stereocenters. The van der Waals surface area contributed by atoms with Crippen molar-refractivity contribution in [1.29, 1.82) is 0 Å². The average molecular weight is 289 g/mol. The van der Waals surface area contributed by atoms with Crippen molar-refractivity contribution >= 4 is 11.8 Å². The van der Waals surface area contributed by atoms with Gasteiger partial charge in [0, 0.05) is 31.6 Å². The van der Waals surface area contributed by atoms with E-state index in [0.29, 0.717) is 17.9 Å². The Kier molecular flexibility index (Phi) is 3.43. The van der Waals surface area contributed by atoms with E-state index >= 15 is 0 Å². The largest absolute Gasteiger partial charge is 0.373 e. The molecule has 2 aliphatic heterocycles. The summed E-state index contributed by atoms with van der Waals surface area (Å²) in [5.74, 6) is 1.93. The van der Waals surface area contributed by atoms with Crippen molar-refractivity contribution in [2.45, 2.75) is 43.7 Å². The summed E-state index contributed by atoms with van der Waals surface area (Å²) < 4.78 is 5.84. The second-order valence-corrected chi connectivity index (χ2v) is 6.37. The van der Waals surface area contributed by atoms with Gasteiger partial charge in [0.05, 0.1) is 24.4 Å². The molecule has 1 aromatic rings. The number of nitrogen functional groups attached to an aromatic ring is 1. The molecule has 3 aliphatic rings. The van der Waals surface area contributed by atoms with Crippen LogP contribution in [0.3, 0.4) is 0 Å². The molecule has 2 atom stereocenters. The number of rotatable bonds is 2. The lowest BCUT2D eigenvalue weighted by Gasteiger charge is -2.25. The van der Waals surface area contributed by atoms with Crippen LogP contribution in [0.1, 0.15) is 37.3 Å². The molecule has 0 radical (unpaired) electrons. The Bertz CT molecular complexity index is 503. The summed E-state index contributed by atoms with van der Waals surface area (Å²) in [6.07, 6.45) is 5.33. The molecule has 4 rings (SSSR count). The Balaban J connectivity index is 1.57. The lowest BCUT2D eigenvalue weighted by Crippen LogP contribution is -2.47. The number of hydrogen-bond donors (Lipinski definition) is 2. The first kappa shape index (κ1) is 13.3. The quantitative estimate of drug-likeness (QED) is 0.842. The normalized spacial score (nSPS) is 29.8. The van der Waals surface area contributed by atoms with Gasteiger partial charge in [-0.15, -0.1) is 0 Å². The van der Waals surface area contributed by atoms with Crippen LogP contribution >= 0.6 is 0 Å². The average Bonchev–Trinajstić information content (AvgIpc) is 3.16. The van der Waals surface area contributed by atoms with Gasteiger partial charge in [0.25, 0.3) is 0 Å². The van der Waals surface area contributed by atoms with Crippen LogP contribution in [0.2, 0.25) is 0 Å². The number of anilines is 2. The first-order valence-electron chi connectivity index (χ1n) is 8.04. The summed E-state index contributed by atoms with van der Waals surface area (Å²) in [5.41, 5.74) is 7.07. The molecule has 21 heavy (non-hydrogen) atoms. The van der Waals surface area contributed by atoms with Gasteiger partial charge in [0.1, 0.15) is 5.82 Å². The molecular weight excluding hydrogens is 266 g/mol. The number of hydrogen-bond acceptors (Lipinski definition) is 6. The van der Waals surface area contributed by atoms with Gasteiger partial charge in [-0.25, -0.2) is 4.98 Å². The fourth-order valence-electron chi connectivity index (χ4n) is 3.84. The van der Waals surface area contributed by atoms with E-state index in [-0.39, 0.29) is 6.10 Å². The zero-order valence-electron chi connectivity index (χ0n) is 12.3.